The number of hydrogen-bond donors (Lipinski definition) is 7. The monoisotopic (exact) mass is 1130 g/mol. The number of halogens is 4. The number of aromatic nitrogens is 6. The molecule has 4 aromatic heterocycles. The number of aryl methyl sites for hydroxylation is 2. The van der Waals surface area contributed by atoms with Crippen LogP contribution in [-0.2, 0) is 13.1 Å². The second-order valence-electron chi connectivity index (χ2n) is 19.3. The van der Waals surface area contributed by atoms with E-state index in [2.05, 4.69) is 51.5 Å². The van der Waals surface area contributed by atoms with Gasteiger partial charge < -0.3 is 47.2 Å². The molecule has 6 heterocycles. The molecule has 0 radical (unpaired) electrons. The van der Waals surface area contributed by atoms with Crippen LogP contribution in [0.5, 0.6) is 0 Å². The predicted molar refractivity (Wildman–Crippen MR) is 308 cm³/mol. The summed E-state index contributed by atoms with van der Waals surface area (Å²) in [4.78, 5) is 82.3. The molecular weight excluding hydrogens is 1080 g/mol. The number of nitrogen functional groups attached to an aromatic ring is 1. The van der Waals surface area contributed by atoms with Crippen molar-refractivity contribution < 1.29 is 41.8 Å². The van der Waals surface area contributed by atoms with Crippen molar-refractivity contribution in [3.63, 3.8) is 0 Å². The van der Waals surface area contributed by atoms with E-state index in [1.807, 2.05) is 44.9 Å². The number of likely N-dealkylation sites (N-methyl/N-ethyl adjacent to an activating group) is 2. The first-order chi connectivity index (χ1) is 39.8. The molecule has 428 valence electrons. The first kappa shape index (κ1) is 59.0. The summed E-state index contributed by atoms with van der Waals surface area (Å²) in [6.07, 6.45) is 6.48. The number of pyridine rings is 2. The van der Waals surface area contributed by atoms with Gasteiger partial charge in [-0.15, -0.1) is 0 Å². The first-order valence-electron chi connectivity index (χ1n) is 25.7. The number of amides is 5. The number of hydrogen-bond acceptors (Lipinski definition) is 15. The molecule has 8 N–H and O–H groups in total. The Hall–Kier alpha value is -10.1. The number of carboxylic acid groups (broad SMARTS) is 1. The van der Waals surface area contributed by atoms with Gasteiger partial charge in [-0.05, 0) is 126 Å². The van der Waals surface area contributed by atoms with Gasteiger partial charge >= 0.3 is 18.0 Å². The number of urea groups is 2. The van der Waals surface area contributed by atoms with Gasteiger partial charge in [0.05, 0.1) is 30.0 Å². The minimum atomic E-state index is -1.11. The van der Waals surface area contributed by atoms with Crippen molar-refractivity contribution in [2.75, 3.05) is 85.9 Å². The summed E-state index contributed by atoms with van der Waals surface area (Å²) in [6, 6.07) is 21.9. The van der Waals surface area contributed by atoms with Crippen LogP contribution in [0.15, 0.2) is 122 Å². The maximum atomic E-state index is 14.9. The van der Waals surface area contributed by atoms with E-state index in [9.17, 15) is 41.8 Å². The standard InChI is InChI=1S/C29H28F2N8O2.C24H24F2N6O3.C5H6N2/c1-17-7-8-18(27(40)35-19-9-11-32-12-10-19)15-20(17)24-21-16-34-29(41)39(25-22(30)5-4-6-23(25)31)26(21)37-28(36-24)33-13-14-38(2)3;1-13-7-8-14(22(33)34)11-15(13)19-16-12-28-24(35)32(20-17(25)5-4-6-18(20)26)21(16)30-23(29-19)27-9-10-31(2)3;6-5-1-3-7-4-2-5/h4-12,15H,13-14,16H2,1-3H3,(H,34,41)(H,32,35,40)(H,33,36,37);4-8,11H,9-10,12H2,1-3H3,(H,28,35)(H,33,34)(H,27,29,30);1-4H,(H2,6,7). The topological polar surface area (TPSA) is 265 Å². The molecule has 0 unspecified atom stereocenters. The number of carbonyl (C=O) groups is 4. The number of para-hydroxylation sites is 2. The van der Waals surface area contributed by atoms with Gasteiger partial charge in [-0.1, -0.05) is 24.3 Å². The van der Waals surface area contributed by atoms with Crippen LogP contribution in [0.3, 0.4) is 0 Å². The summed E-state index contributed by atoms with van der Waals surface area (Å²) in [5, 5.41) is 23.9. The number of benzene rings is 4. The lowest BCUT2D eigenvalue weighted by molar-refractivity contribution is 0.0696. The highest BCUT2D eigenvalue weighted by molar-refractivity contribution is 6.06. The Morgan fingerprint density at radius 3 is 1.41 bits per heavy atom. The fourth-order valence-electron chi connectivity index (χ4n) is 8.56. The minimum Gasteiger partial charge on any atom is -0.478 e. The zero-order valence-electron chi connectivity index (χ0n) is 45.9. The van der Waals surface area contributed by atoms with E-state index in [-0.39, 0.29) is 48.1 Å². The average molecular weight is 1140 g/mol. The highest BCUT2D eigenvalue weighted by Crippen LogP contribution is 2.41. The lowest BCUT2D eigenvalue weighted by Crippen LogP contribution is -2.43. The summed E-state index contributed by atoms with van der Waals surface area (Å²) in [5.74, 6) is -4.78. The quantitative estimate of drug-likeness (QED) is 0.0472. The van der Waals surface area contributed by atoms with Gasteiger partial charge in [0.25, 0.3) is 5.91 Å². The number of carbonyl (C=O) groups excluding carboxylic acids is 3. The van der Waals surface area contributed by atoms with Crippen LogP contribution in [0, 0.1) is 37.1 Å². The van der Waals surface area contributed by atoms with Crippen LogP contribution >= 0.6 is 0 Å². The number of anilines is 8. The van der Waals surface area contributed by atoms with Crippen LogP contribution in [0.2, 0.25) is 0 Å². The van der Waals surface area contributed by atoms with Gasteiger partial charge in [0, 0.05) is 90.2 Å². The molecule has 4 aromatic carbocycles. The zero-order valence-corrected chi connectivity index (χ0v) is 45.9. The Morgan fingerprint density at radius 2 is 1.01 bits per heavy atom. The highest BCUT2D eigenvalue weighted by atomic mass is 19.1. The summed E-state index contributed by atoms with van der Waals surface area (Å²) in [7, 11) is 7.63. The van der Waals surface area contributed by atoms with E-state index in [1.54, 1.807) is 80.2 Å². The molecule has 0 aliphatic carbocycles. The Morgan fingerprint density at radius 1 is 0.602 bits per heavy atom. The van der Waals surface area contributed by atoms with Crippen LogP contribution in [0.4, 0.5) is 73.4 Å². The smallest absolute Gasteiger partial charge is 0.335 e. The van der Waals surface area contributed by atoms with E-state index < -0.39 is 52.7 Å². The van der Waals surface area contributed by atoms with Crippen molar-refractivity contribution >= 4 is 70.2 Å². The predicted octanol–water partition coefficient (Wildman–Crippen LogP) is 9.14. The lowest BCUT2D eigenvalue weighted by Gasteiger charge is -2.31. The van der Waals surface area contributed by atoms with Gasteiger partial charge in [-0.2, -0.15) is 9.97 Å². The SMILES string of the molecule is Cc1ccc(C(=O)Nc2ccncc2)cc1-c1nc(NCCN(C)C)nc2c1CNC(=O)N2c1c(F)cccc1F.Cc1ccc(C(=O)O)cc1-c1nc(NCCN(C)C)nc2c1CNC(=O)N2c1c(F)cccc1F.Nc1ccncc1. The first-order valence-corrected chi connectivity index (χ1v) is 25.7. The van der Waals surface area contributed by atoms with Crippen LogP contribution in [0.25, 0.3) is 22.5 Å². The molecule has 5 amide bonds. The van der Waals surface area contributed by atoms with Gasteiger partial charge in [-0.25, -0.2) is 51.7 Å². The largest absolute Gasteiger partial charge is 0.478 e. The molecule has 0 atom stereocenters. The van der Waals surface area contributed by atoms with Gasteiger partial charge in [0.1, 0.15) is 34.6 Å². The number of nitrogens with two attached hydrogens (primary N) is 1. The maximum absolute atomic E-state index is 14.9. The van der Waals surface area contributed by atoms with E-state index in [1.165, 1.54) is 24.3 Å². The van der Waals surface area contributed by atoms with Crippen molar-refractivity contribution in [1.29, 1.82) is 0 Å². The molecule has 0 fully saturated rings. The number of carboxylic acids is 1. The molecule has 25 heteroatoms. The van der Waals surface area contributed by atoms with Gasteiger partial charge in [0.2, 0.25) is 11.9 Å². The molecule has 8 aromatic rings. The molecular formula is C58H58F4N16O5. The van der Waals surface area contributed by atoms with Crippen molar-refractivity contribution in [2.24, 2.45) is 0 Å². The van der Waals surface area contributed by atoms with Crippen molar-refractivity contribution in [3.05, 3.63) is 178 Å². The third-order valence-corrected chi connectivity index (χ3v) is 12.8. The van der Waals surface area contributed by atoms with Gasteiger partial charge in [0.15, 0.2) is 11.6 Å². The summed E-state index contributed by atoms with van der Waals surface area (Å²) >= 11 is 0. The fourth-order valence-corrected chi connectivity index (χ4v) is 8.56. The molecule has 0 spiro atoms. The highest BCUT2D eigenvalue weighted by Gasteiger charge is 2.36. The molecule has 0 saturated heterocycles. The summed E-state index contributed by atoms with van der Waals surface area (Å²) < 4.78 is 59.3. The number of aromatic carboxylic acids is 1. The van der Waals surface area contributed by atoms with E-state index in [0.29, 0.717) is 71.1 Å². The molecule has 0 saturated carbocycles. The molecule has 21 nitrogen and oxygen atoms in total. The third-order valence-electron chi connectivity index (χ3n) is 12.8. The van der Waals surface area contributed by atoms with E-state index >= 15 is 0 Å². The Kier molecular flexibility index (Phi) is 18.8. The maximum Gasteiger partial charge on any atom is 0.335 e. The minimum absolute atomic E-state index is 0.00914. The van der Waals surface area contributed by atoms with Crippen molar-refractivity contribution in [1.82, 2.24) is 50.3 Å². The third kappa shape index (κ3) is 14.1. The van der Waals surface area contributed by atoms with E-state index in [0.717, 1.165) is 50.9 Å². The zero-order chi connectivity index (χ0) is 59.5. The second-order valence-corrected chi connectivity index (χ2v) is 19.3. The summed E-state index contributed by atoms with van der Waals surface area (Å²) in [6.45, 7) is 5.90. The lowest BCUT2D eigenvalue weighted by atomic mass is 9.97. The normalized spacial score (nSPS) is 12.4. The van der Waals surface area contributed by atoms with Gasteiger partial charge in [-0.3, -0.25) is 14.8 Å². The Labute approximate surface area is 474 Å². The second kappa shape index (κ2) is 26.4. The van der Waals surface area contributed by atoms with E-state index in [4.69, 9.17) is 10.7 Å². The van der Waals surface area contributed by atoms with Crippen LogP contribution < -0.4 is 42.1 Å². The number of fused-ring (bicyclic) bond motifs is 2. The Balaban J connectivity index is 0.000000196. The van der Waals surface area contributed by atoms with Crippen molar-refractivity contribution in [2.45, 2.75) is 26.9 Å². The molecule has 2 aliphatic rings. The number of nitrogens with zero attached hydrogens (tertiary/aromatic N) is 10. The number of nitrogens with one attached hydrogen (secondary N) is 5. The average Bonchev–Trinajstić information content (AvgIpc) is 3.64. The fraction of sp³-hybridized carbons (Fsp3) is 0.207. The van der Waals surface area contributed by atoms with Crippen molar-refractivity contribution in [3.8, 4) is 22.5 Å². The Bertz CT molecular complexity index is 3650. The van der Waals surface area contributed by atoms with Crippen LogP contribution in [-0.4, -0.2) is 123 Å². The molecule has 83 heavy (non-hydrogen) atoms. The molecule has 2 aliphatic heterocycles. The molecule has 0 bridgehead atoms. The van der Waals surface area contributed by atoms with Crippen LogP contribution in [0.1, 0.15) is 43.0 Å². The number of rotatable bonds is 15. The summed E-state index contributed by atoms with van der Waals surface area (Å²) in [5.41, 5.74) is 10.2. The molecule has 10 rings (SSSR count).